The number of thiophene rings is 1. The van der Waals surface area contributed by atoms with Gasteiger partial charge in [0.1, 0.15) is 5.69 Å². The molecule has 0 saturated heterocycles. The lowest BCUT2D eigenvalue weighted by Crippen LogP contribution is -2.42. The van der Waals surface area contributed by atoms with Gasteiger partial charge in [0.05, 0.1) is 11.3 Å². The molecule has 2 N–H and O–H groups in total. The smallest absolute Gasteiger partial charge is 0.279 e. The highest BCUT2D eigenvalue weighted by atomic mass is 32.1. The fraction of sp³-hybridized carbons (Fsp3) is 0.350. The Morgan fingerprint density at radius 1 is 1.30 bits per heavy atom. The third-order valence-corrected chi connectivity index (χ3v) is 6.32. The van der Waals surface area contributed by atoms with Crippen molar-refractivity contribution in [1.82, 2.24) is 16.0 Å². The summed E-state index contributed by atoms with van der Waals surface area (Å²) in [4.78, 5) is 26.5. The molecule has 27 heavy (non-hydrogen) atoms. The lowest BCUT2D eigenvalue weighted by atomic mass is 9.87. The molecule has 4 rings (SSSR count). The van der Waals surface area contributed by atoms with Gasteiger partial charge in [-0.25, -0.2) is 0 Å². The van der Waals surface area contributed by atoms with Crippen molar-refractivity contribution in [2.45, 2.75) is 39.0 Å². The molecule has 0 bridgehead atoms. The number of aromatic nitrogens is 1. The van der Waals surface area contributed by atoms with Gasteiger partial charge in [0.15, 0.2) is 5.58 Å². The molecule has 1 aliphatic carbocycles. The summed E-state index contributed by atoms with van der Waals surface area (Å²) < 4.78 is 5.19. The van der Waals surface area contributed by atoms with Crippen LogP contribution in [0.2, 0.25) is 0 Å². The van der Waals surface area contributed by atoms with E-state index in [9.17, 15) is 9.59 Å². The molecule has 0 fully saturated rings. The lowest BCUT2D eigenvalue weighted by molar-refractivity contribution is -0.121. The van der Waals surface area contributed by atoms with Crippen LogP contribution in [0.1, 0.15) is 45.6 Å². The van der Waals surface area contributed by atoms with Gasteiger partial charge in [0, 0.05) is 10.3 Å². The molecule has 7 heteroatoms. The first-order valence-electron chi connectivity index (χ1n) is 9.18. The van der Waals surface area contributed by atoms with Crippen molar-refractivity contribution in [2.24, 2.45) is 5.92 Å². The second-order valence-electron chi connectivity index (χ2n) is 6.88. The van der Waals surface area contributed by atoms with Crippen LogP contribution in [0.15, 0.2) is 34.9 Å². The summed E-state index contributed by atoms with van der Waals surface area (Å²) in [6.07, 6.45) is 4.48. The van der Waals surface area contributed by atoms with Crippen molar-refractivity contribution >= 4 is 34.1 Å². The van der Waals surface area contributed by atoms with Crippen molar-refractivity contribution in [3.63, 3.8) is 0 Å². The van der Waals surface area contributed by atoms with E-state index in [-0.39, 0.29) is 18.2 Å². The highest BCUT2D eigenvalue weighted by molar-refractivity contribution is 7.14. The van der Waals surface area contributed by atoms with Crippen LogP contribution < -0.4 is 10.9 Å². The third-order valence-electron chi connectivity index (χ3n) is 5.08. The molecule has 2 aromatic heterocycles. The van der Waals surface area contributed by atoms with E-state index in [0.717, 1.165) is 18.2 Å². The Balaban J connectivity index is 1.35. The maximum Gasteiger partial charge on any atom is 0.279 e. The predicted octanol–water partition coefficient (Wildman–Crippen LogP) is 3.41. The summed E-state index contributed by atoms with van der Waals surface area (Å²) >= 11 is 1.52. The van der Waals surface area contributed by atoms with Crippen molar-refractivity contribution < 1.29 is 14.1 Å². The number of benzene rings is 1. The molecule has 0 saturated carbocycles. The van der Waals surface area contributed by atoms with Crippen LogP contribution in [-0.2, 0) is 24.1 Å². The molecule has 1 aliphatic rings. The highest BCUT2D eigenvalue weighted by Crippen LogP contribution is 2.33. The Hall–Kier alpha value is -2.67. The number of carbonyl (C=O) groups is 2. The van der Waals surface area contributed by atoms with Crippen LogP contribution in [0.25, 0.3) is 11.0 Å². The van der Waals surface area contributed by atoms with Crippen LogP contribution in [-0.4, -0.2) is 17.0 Å². The second kappa shape index (κ2) is 7.52. The Morgan fingerprint density at radius 3 is 3.00 bits per heavy atom. The van der Waals surface area contributed by atoms with E-state index < -0.39 is 0 Å². The Morgan fingerprint density at radius 2 is 2.15 bits per heavy atom. The van der Waals surface area contributed by atoms with Crippen LogP contribution >= 0.6 is 11.3 Å². The van der Waals surface area contributed by atoms with Crippen LogP contribution in [0.4, 0.5) is 0 Å². The van der Waals surface area contributed by atoms with E-state index in [1.165, 1.54) is 34.6 Å². The molecule has 140 valence electrons. The van der Waals surface area contributed by atoms with Crippen LogP contribution in [0, 0.1) is 5.92 Å². The number of aryl methyl sites for hydroxylation is 1. The minimum atomic E-state index is -0.338. The van der Waals surface area contributed by atoms with E-state index in [1.54, 1.807) is 6.07 Å². The zero-order valence-electron chi connectivity index (χ0n) is 15.1. The van der Waals surface area contributed by atoms with E-state index >= 15 is 0 Å². The first kappa shape index (κ1) is 17.7. The average Bonchev–Trinajstić information content (AvgIpc) is 3.30. The Bertz CT molecular complexity index is 991. The van der Waals surface area contributed by atoms with Gasteiger partial charge in [0.25, 0.3) is 5.91 Å². The lowest BCUT2D eigenvalue weighted by Gasteiger charge is -2.19. The van der Waals surface area contributed by atoms with Gasteiger partial charge in [-0.05, 0) is 48.9 Å². The van der Waals surface area contributed by atoms with Gasteiger partial charge >= 0.3 is 0 Å². The van der Waals surface area contributed by atoms with Gasteiger partial charge in [-0.2, -0.15) is 0 Å². The first-order chi connectivity index (χ1) is 13.1. The van der Waals surface area contributed by atoms with Crippen molar-refractivity contribution in [1.29, 1.82) is 0 Å². The van der Waals surface area contributed by atoms with Gasteiger partial charge in [-0.15, -0.1) is 11.3 Å². The van der Waals surface area contributed by atoms with Gasteiger partial charge in [-0.3, -0.25) is 20.4 Å². The topological polar surface area (TPSA) is 84.2 Å². The second-order valence-corrected chi connectivity index (χ2v) is 8.02. The Kier molecular flexibility index (Phi) is 4.94. The maximum absolute atomic E-state index is 12.4. The quantitative estimate of drug-likeness (QED) is 0.676. The molecular formula is C20H21N3O3S. The molecule has 0 radical (unpaired) electrons. The highest BCUT2D eigenvalue weighted by Gasteiger charge is 2.22. The number of carbonyl (C=O) groups excluding carboxylic acids is 2. The SMILES string of the molecule is CC[C@H]1CCc2sc(C(=O)NNC(=O)Cc3noc4ccccc34)cc2C1. The average molecular weight is 383 g/mol. The van der Waals surface area contributed by atoms with Gasteiger partial charge in [0.2, 0.25) is 5.91 Å². The van der Waals surface area contributed by atoms with Crippen LogP contribution in [0.5, 0.6) is 0 Å². The number of para-hydroxylation sites is 1. The van der Waals surface area contributed by atoms with E-state index in [1.807, 2.05) is 24.3 Å². The largest absolute Gasteiger partial charge is 0.356 e. The predicted molar refractivity (Wildman–Crippen MR) is 103 cm³/mol. The molecule has 0 unspecified atom stereocenters. The van der Waals surface area contributed by atoms with Crippen molar-refractivity contribution in [3.05, 3.63) is 51.3 Å². The maximum atomic E-state index is 12.4. The van der Waals surface area contributed by atoms with Crippen molar-refractivity contribution in [2.75, 3.05) is 0 Å². The minimum absolute atomic E-state index is 0.0381. The molecule has 0 spiro atoms. The summed E-state index contributed by atoms with van der Waals surface area (Å²) in [5.41, 5.74) is 7.45. The fourth-order valence-corrected chi connectivity index (χ4v) is 4.61. The number of nitrogens with one attached hydrogen (secondary N) is 2. The third kappa shape index (κ3) is 3.73. The number of hydrazine groups is 1. The molecule has 1 atom stereocenters. The van der Waals surface area contributed by atoms with E-state index in [4.69, 9.17) is 4.52 Å². The molecule has 0 aliphatic heterocycles. The molecule has 6 nitrogen and oxygen atoms in total. The monoisotopic (exact) mass is 383 g/mol. The number of hydrogen-bond acceptors (Lipinski definition) is 5. The number of hydrogen-bond donors (Lipinski definition) is 2. The van der Waals surface area contributed by atoms with Gasteiger partial charge < -0.3 is 4.52 Å². The zero-order chi connectivity index (χ0) is 18.8. The first-order valence-corrected chi connectivity index (χ1v) is 9.99. The molecule has 1 aromatic carbocycles. The number of rotatable bonds is 4. The molecule has 2 heterocycles. The number of amides is 2. The zero-order valence-corrected chi connectivity index (χ0v) is 15.9. The summed E-state index contributed by atoms with van der Waals surface area (Å²) in [6, 6.07) is 9.33. The van der Waals surface area contributed by atoms with E-state index in [0.29, 0.717) is 22.1 Å². The van der Waals surface area contributed by atoms with Gasteiger partial charge in [-0.1, -0.05) is 30.6 Å². The summed E-state index contributed by atoms with van der Waals surface area (Å²) in [7, 11) is 0. The molecule has 3 aromatic rings. The minimum Gasteiger partial charge on any atom is -0.356 e. The fourth-order valence-electron chi connectivity index (χ4n) is 3.51. The Labute approximate surface area is 160 Å². The normalized spacial score (nSPS) is 16.1. The molecule has 2 amide bonds. The molecular weight excluding hydrogens is 362 g/mol. The number of fused-ring (bicyclic) bond motifs is 2. The number of nitrogens with zero attached hydrogens (tertiary/aromatic N) is 1. The summed E-state index contributed by atoms with van der Waals surface area (Å²) in [5, 5.41) is 4.73. The summed E-state index contributed by atoms with van der Waals surface area (Å²) in [6.45, 7) is 2.21. The van der Waals surface area contributed by atoms with Crippen molar-refractivity contribution in [3.8, 4) is 0 Å². The van der Waals surface area contributed by atoms with Crippen LogP contribution in [0.3, 0.4) is 0 Å². The standard InChI is InChI=1S/C20H21N3O3S/c1-2-12-7-8-17-13(9-12)10-18(27-17)20(25)22-21-19(24)11-15-14-5-3-4-6-16(14)26-23-15/h3-6,10,12H,2,7-9,11H2,1H3,(H,21,24)(H,22,25)/t12-/m0/s1. The summed E-state index contributed by atoms with van der Waals surface area (Å²) in [5.74, 6) is 0.0931. The van der Waals surface area contributed by atoms with E-state index in [2.05, 4.69) is 22.9 Å².